The first-order chi connectivity index (χ1) is 8.43. The summed E-state index contributed by atoms with van der Waals surface area (Å²) in [6, 6.07) is 5.61. The molecule has 0 heterocycles. The SMILES string of the molecule is C=CCSCC(=O)Nc1ccc([As](=O)(O)O)cc1. The Balaban J connectivity index is 2.56. The molecule has 18 heavy (non-hydrogen) atoms. The first-order valence-corrected chi connectivity index (χ1v) is 9.62. The molecule has 0 saturated heterocycles. The van der Waals surface area contributed by atoms with Crippen LogP contribution in [0.4, 0.5) is 5.69 Å². The number of carbonyl (C=O) groups is 1. The molecule has 1 rings (SSSR count). The van der Waals surface area contributed by atoms with Crippen molar-refractivity contribution in [1.82, 2.24) is 0 Å². The van der Waals surface area contributed by atoms with E-state index in [2.05, 4.69) is 11.9 Å². The molecule has 0 unspecified atom stereocenters. The van der Waals surface area contributed by atoms with Crippen molar-refractivity contribution in [2.45, 2.75) is 0 Å². The molecule has 0 atom stereocenters. The molecule has 1 aromatic carbocycles. The van der Waals surface area contributed by atoms with E-state index in [4.69, 9.17) is 8.19 Å². The van der Waals surface area contributed by atoms with E-state index in [0.29, 0.717) is 17.2 Å². The molecule has 1 amide bonds. The Morgan fingerprint density at radius 1 is 1.39 bits per heavy atom. The summed E-state index contributed by atoms with van der Waals surface area (Å²) in [6.45, 7) is 3.55. The summed E-state index contributed by atoms with van der Waals surface area (Å²) in [5.41, 5.74) is 0.520. The number of amides is 1. The average molecular weight is 331 g/mol. The molecule has 0 saturated carbocycles. The molecule has 0 bridgehead atoms. The summed E-state index contributed by atoms with van der Waals surface area (Å²) in [5.74, 6) is 0.861. The summed E-state index contributed by atoms with van der Waals surface area (Å²) < 4.78 is 28.9. The molecule has 1 aromatic rings. The van der Waals surface area contributed by atoms with Gasteiger partial charge in [0.1, 0.15) is 0 Å². The molecule has 7 heteroatoms. The number of carbonyl (C=O) groups excluding carboxylic acids is 1. The Labute approximate surface area is 112 Å². The van der Waals surface area contributed by atoms with Crippen molar-refractivity contribution in [3.05, 3.63) is 36.9 Å². The van der Waals surface area contributed by atoms with Crippen molar-refractivity contribution in [1.29, 1.82) is 0 Å². The molecule has 0 radical (unpaired) electrons. The third-order valence-corrected chi connectivity index (χ3v) is 4.93. The maximum atomic E-state index is 11.5. The summed E-state index contributed by atoms with van der Waals surface area (Å²) in [5, 5.41) is 2.64. The molecular weight excluding hydrogens is 317 g/mol. The zero-order valence-corrected chi connectivity index (χ0v) is 12.3. The van der Waals surface area contributed by atoms with Crippen LogP contribution in [-0.4, -0.2) is 39.8 Å². The van der Waals surface area contributed by atoms with E-state index in [-0.39, 0.29) is 10.3 Å². The Morgan fingerprint density at radius 2 is 2.00 bits per heavy atom. The van der Waals surface area contributed by atoms with E-state index in [9.17, 15) is 8.53 Å². The first kappa shape index (κ1) is 15.1. The van der Waals surface area contributed by atoms with E-state index in [1.807, 2.05) is 0 Å². The molecular formula is C11H14AsNO4S. The monoisotopic (exact) mass is 331 g/mol. The van der Waals surface area contributed by atoms with Gasteiger partial charge in [-0.2, -0.15) is 0 Å². The van der Waals surface area contributed by atoms with Gasteiger partial charge in [0.25, 0.3) is 0 Å². The molecule has 0 aliphatic rings. The number of hydrogen-bond acceptors (Lipinski definition) is 3. The number of hydrogen-bond donors (Lipinski definition) is 3. The average Bonchev–Trinajstić information content (AvgIpc) is 2.29. The molecule has 0 aromatic heterocycles. The van der Waals surface area contributed by atoms with Gasteiger partial charge in [-0.25, -0.2) is 0 Å². The van der Waals surface area contributed by atoms with Crippen LogP contribution in [0.2, 0.25) is 0 Å². The fourth-order valence-corrected chi connectivity index (χ4v) is 2.84. The number of nitrogens with one attached hydrogen (secondary N) is 1. The summed E-state index contributed by atoms with van der Waals surface area (Å²) in [6.07, 6.45) is 1.72. The molecule has 3 N–H and O–H groups in total. The van der Waals surface area contributed by atoms with Gasteiger partial charge in [-0.05, 0) is 0 Å². The van der Waals surface area contributed by atoms with Crippen molar-refractivity contribution in [3.63, 3.8) is 0 Å². The van der Waals surface area contributed by atoms with Crippen molar-refractivity contribution in [2.75, 3.05) is 16.8 Å². The Morgan fingerprint density at radius 3 is 2.50 bits per heavy atom. The van der Waals surface area contributed by atoms with Crippen LogP contribution >= 0.6 is 11.8 Å². The Hall–Kier alpha value is -0.942. The van der Waals surface area contributed by atoms with Crippen molar-refractivity contribution in [3.8, 4) is 0 Å². The van der Waals surface area contributed by atoms with Crippen LogP contribution in [0.3, 0.4) is 0 Å². The van der Waals surface area contributed by atoms with Gasteiger partial charge in [0.2, 0.25) is 0 Å². The van der Waals surface area contributed by atoms with Gasteiger partial charge < -0.3 is 0 Å². The van der Waals surface area contributed by atoms with Crippen LogP contribution in [0, 0.1) is 0 Å². The van der Waals surface area contributed by atoms with Gasteiger partial charge >= 0.3 is 112 Å². The van der Waals surface area contributed by atoms with E-state index < -0.39 is 14.2 Å². The normalized spacial score (nSPS) is 11.0. The predicted molar refractivity (Wildman–Crippen MR) is 73.1 cm³/mol. The zero-order valence-electron chi connectivity index (χ0n) is 9.57. The Kier molecular flexibility index (Phi) is 5.75. The molecule has 0 fully saturated rings. The number of thioether (sulfide) groups is 1. The van der Waals surface area contributed by atoms with Gasteiger partial charge in [-0.15, -0.1) is 0 Å². The molecule has 0 spiro atoms. The first-order valence-electron chi connectivity index (χ1n) is 5.08. The standard InChI is InChI=1S/C11H14AsNO4S/c1-2-7-18-8-11(14)13-10-5-3-9(4-6-10)12(15,16)17/h2-6H,1,7-8H2,(H,13,14)(H2,15,16,17). The molecule has 0 aliphatic heterocycles. The number of rotatable bonds is 6. The predicted octanol–water partition coefficient (Wildman–Crippen LogP) is 0.105. The van der Waals surface area contributed by atoms with Crippen molar-refractivity contribution >= 4 is 41.9 Å². The second-order valence-electron chi connectivity index (χ2n) is 3.44. The summed E-state index contributed by atoms with van der Waals surface area (Å²) >= 11 is -3.39. The molecule has 0 aliphatic carbocycles. The third kappa shape index (κ3) is 5.14. The van der Waals surface area contributed by atoms with E-state index >= 15 is 0 Å². The van der Waals surface area contributed by atoms with E-state index in [1.165, 1.54) is 36.0 Å². The zero-order chi connectivity index (χ0) is 13.6. The van der Waals surface area contributed by atoms with E-state index in [1.54, 1.807) is 6.08 Å². The second kappa shape index (κ2) is 6.85. The van der Waals surface area contributed by atoms with Crippen LogP contribution in [0.5, 0.6) is 0 Å². The van der Waals surface area contributed by atoms with Crippen molar-refractivity contribution < 1.29 is 16.7 Å². The fourth-order valence-electron chi connectivity index (χ4n) is 1.17. The van der Waals surface area contributed by atoms with Gasteiger partial charge in [0, 0.05) is 0 Å². The quantitative estimate of drug-likeness (QED) is 0.391. The topological polar surface area (TPSA) is 86.6 Å². The fraction of sp³-hybridized carbons (Fsp3) is 0.182. The summed E-state index contributed by atoms with van der Waals surface area (Å²) in [7, 11) is 0. The van der Waals surface area contributed by atoms with E-state index in [0.717, 1.165) is 0 Å². The van der Waals surface area contributed by atoms with Crippen LogP contribution in [0.1, 0.15) is 0 Å². The van der Waals surface area contributed by atoms with Gasteiger partial charge in [0.15, 0.2) is 0 Å². The maximum absolute atomic E-state index is 11.5. The third-order valence-electron chi connectivity index (χ3n) is 1.96. The molecule has 5 nitrogen and oxygen atoms in total. The van der Waals surface area contributed by atoms with Gasteiger partial charge in [-0.1, -0.05) is 0 Å². The number of anilines is 1. The van der Waals surface area contributed by atoms with Crippen LogP contribution in [-0.2, 0) is 8.53 Å². The van der Waals surface area contributed by atoms with Crippen LogP contribution in [0.15, 0.2) is 36.9 Å². The summed E-state index contributed by atoms with van der Waals surface area (Å²) in [4.78, 5) is 11.5. The van der Waals surface area contributed by atoms with Gasteiger partial charge in [-0.3, -0.25) is 0 Å². The van der Waals surface area contributed by atoms with Gasteiger partial charge in [0.05, 0.1) is 0 Å². The second-order valence-corrected chi connectivity index (χ2v) is 7.84. The number of benzene rings is 1. The van der Waals surface area contributed by atoms with Crippen molar-refractivity contribution in [2.24, 2.45) is 0 Å². The van der Waals surface area contributed by atoms with Crippen LogP contribution in [0.25, 0.3) is 0 Å². The Bertz CT molecular complexity index is 468. The molecule has 98 valence electrons. The van der Waals surface area contributed by atoms with Crippen LogP contribution < -0.4 is 9.67 Å². The minimum atomic E-state index is -4.83. The minimum absolute atomic E-state index is 0.00726.